The predicted molar refractivity (Wildman–Crippen MR) is 426 cm³/mol. The van der Waals surface area contributed by atoms with Crippen molar-refractivity contribution in [2.75, 3.05) is 13.2 Å². The van der Waals surface area contributed by atoms with Crippen molar-refractivity contribution < 1.29 is 24.5 Å². The molecule has 6 heteroatoms. The van der Waals surface area contributed by atoms with Crippen molar-refractivity contribution in [3.63, 3.8) is 0 Å². The zero-order chi connectivity index (χ0) is 69.1. The molecule has 0 aromatic carbocycles. The Morgan fingerprint density at radius 2 is 0.521 bits per heavy atom. The molecule has 0 saturated carbocycles. The highest BCUT2D eigenvalue weighted by Crippen LogP contribution is 2.21. The second kappa shape index (κ2) is 85.8. The first kappa shape index (κ1) is 94.3. The molecule has 0 saturated heterocycles. The standard InChI is InChI=1S/C90H175NO5/c1-3-5-7-9-11-13-15-17-19-21-23-24-40-43-47-50-54-58-62-66-70-74-78-82-88(93)87(86-92)91-89(94)83-79-75-71-67-63-59-55-51-48-44-41-38-36-34-32-30-28-26-25-27-29-31-33-35-37-39-42-45-49-53-57-61-65-69-73-77-81-85-96-90(95)84-80-76-72-68-64-60-56-52-46-22-20-18-16-14-12-10-8-6-4-2/h25,27,31,33,87-88,92-93H,3-24,26,28-30,32,34-86H2,1-2H3,(H,91,94)/b27-25-,33-31-. The van der Waals surface area contributed by atoms with Crippen molar-refractivity contribution in [2.24, 2.45) is 0 Å². The van der Waals surface area contributed by atoms with E-state index in [4.69, 9.17) is 4.74 Å². The van der Waals surface area contributed by atoms with Crippen molar-refractivity contribution in [1.82, 2.24) is 5.32 Å². The molecule has 1 amide bonds. The molecule has 0 rings (SSSR count). The van der Waals surface area contributed by atoms with Crippen LogP contribution in [0.5, 0.6) is 0 Å². The van der Waals surface area contributed by atoms with Crippen LogP contribution in [0, 0.1) is 0 Å². The molecule has 0 radical (unpaired) electrons. The molecule has 0 aromatic rings. The summed E-state index contributed by atoms with van der Waals surface area (Å²) in [5.41, 5.74) is 0. The number of aliphatic hydroxyl groups is 2. The summed E-state index contributed by atoms with van der Waals surface area (Å²) in [5.74, 6) is -0.00106. The quantitative estimate of drug-likeness (QED) is 0.0320. The first-order chi connectivity index (χ1) is 47.5. The van der Waals surface area contributed by atoms with Gasteiger partial charge in [0.05, 0.1) is 25.4 Å². The minimum Gasteiger partial charge on any atom is -0.466 e. The van der Waals surface area contributed by atoms with E-state index in [2.05, 4.69) is 43.5 Å². The highest BCUT2D eigenvalue weighted by Gasteiger charge is 2.20. The van der Waals surface area contributed by atoms with Gasteiger partial charge in [0.2, 0.25) is 5.91 Å². The molecule has 0 bridgehead atoms. The smallest absolute Gasteiger partial charge is 0.305 e. The number of rotatable bonds is 85. The van der Waals surface area contributed by atoms with Gasteiger partial charge in [-0.1, -0.05) is 468 Å². The Balaban J connectivity index is 3.35. The van der Waals surface area contributed by atoms with Crippen molar-refractivity contribution in [1.29, 1.82) is 0 Å². The monoisotopic (exact) mass is 1350 g/mol. The van der Waals surface area contributed by atoms with Gasteiger partial charge in [0.1, 0.15) is 0 Å². The Bertz CT molecular complexity index is 1510. The number of carbonyl (C=O) groups is 2. The summed E-state index contributed by atoms with van der Waals surface area (Å²) in [6, 6.07) is -0.541. The minimum atomic E-state index is -0.664. The van der Waals surface area contributed by atoms with Gasteiger partial charge in [-0.05, 0) is 57.8 Å². The summed E-state index contributed by atoms with van der Waals surface area (Å²) >= 11 is 0. The van der Waals surface area contributed by atoms with Crippen LogP contribution in [-0.2, 0) is 14.3 Å². The van der Waals surface area contributed by atoms with Crippen LogP contribution < -0.4 is 5.32 Å². The maximum absolute atomic E-state index is 12.6. The fraction of sp³-hybridized carbons (Fsp3) is 0.933. The fourth-order valence-corrected chi connectivity index (χ4v) is 14.5. The Kier molecular flexibility index (Phi) is 84.3. The van der Waals surface area contributed by atoms with Gasteiger partial charge in [0, 0.05) is 12.8 Å². The lowest BCUT2D eigenvalue weighted by molar-refractivity contribution is -0.143. The second-order valence-corrected chi connectivity index (χ2v) is 30.9. The van der Waals surface area contributed by atoms with Gasteiger partial charge >= 0.3 is 5.97 Å². The van der Waals surface area contributed by atoms with Gasteiger partial charge in [-0.15, -0.1) is 0 Å². The number of allylic oxidation sites excluding steroid dienone is 4. The number of aliphatic hydroxyl groups excluding tert-OH is 2. The molecule has 0 heterocycles. The van der Waals surface area contributed by atoms with E-state index in [1.807, 2.05) is 0 Å². The average Bonchev–Trinajstić information content (AvgIpc) is 3.77. The second-order valence-electron chi connectivity index (χ2n) is 30.9. The van der Waals surface area contributed by atoms with Crippen LogP contribution in [0.1, 0.15) is 515 Å². The largest absolute Gasteiger partial charge is 0.466 e. The first-order valence-corrected chi connectivity index (χ1v) is 44.6. The van der Waals surface area contributed by atoms with E-state index in [0.29, 0.717) is 25.9 Å². The van der Waals surface area contributed by atoms with Gasteiger partial charge in [-0.3, -0.25) is 9.59 Å². The Morgan fingerprint density at radius 1 is 0.292 bits per heavy atom. The van der Waals surface area contributed by atoms with E-state index >= 15 is 0 Å². The number of unbranched alkanes of at least 4 members (excludes halogenated alkanes) is 70. The number of hydrogen-bond acceptors (Lipinski definition) is 5. The molecule has 96 heavy (non-hydrogen) atoms. The van der Waals surface area contributed by atoms with Crippen LogP contribution in [0.4, 0.5) is 0 Å². The predicted octanol–water partition coefficient (Wildman–Crippen LogP) is 29.9. The van der Waals surface area contributed by atoms with Crippen LogP contribution in [-0.4, -0.2) is 47.4 Å². The summed E-state index contributed by atoms with van der Waals surface area (Å²) in [6.45, 7) is 5.02. The summed E-state index contributed by atoms with van der Waals surface area (Å²) < 4.78 is 5.52. The summed E-state index contributed by atoms with van der Waals surface area (Å²) in [7, 11) is 0. The highest BCUT2D eigenvalue weighted by atomic mass is 16.5. The number of carbonyl (C=O) groups excluding carboxylic acids is 2. The zero-order valence-electron chi connectivity index (χ0n) is 65.7. The third-order valence-corrected chi connectivity index (χ3v) is 21.3. The van der Waals surface area contributed by atoms with Crippen molar-refractivity contribution in [3.05, 3.63) is 24.3 Å². The molecule has 0 aliphatic carbocycles. The minimum absolute atomic E-state index is 0.0249. The molecule has 6 nitrogen and oxygen atoms in total. The highest BCUT2D eigenvalue weighted by molar-refractivity contribution is 5.76. The van der Waals surface area contributed by atoms with Gasteiger partial charge in [-0.2, -0.15) is 0 Å². The number of esters is 1. The van der Waals surface area contributed by atoms with E-state index in [1.54, 1.807) is 0 Å². The molecular formula is C90H175NO5. The molecule has 570 valence electrons. The summed E-state index contributed by atoms with van der Waals surface area (Å²) in [6.07, 6.45) is 112. The lowest BCUT2D eigenvalue weighted by Crippen LogP contribution is -2.45. The maximum atomic E-state index is 12.6. The van der Waals surface area contributed by atoms with E-state index in [0.717, 1.165) is 44.9 Å². The molecule has 0 aliphatic rings. The van der Waals surface area contributed by atoms with Crippen molar-refractivity contribution in [2.45, 2.75) is 527 Å². The number of hydrogen-bond donors (Lipinski definition) is 3. The zero-order valence-corrected chi connectivity index (χ0v) is 65.7. The molecule has 0 aliphatic heterocycles. The van der Waals surface area contributed by atoms with Crippen LogP contribution in [0.25, 0.3) is 0 Å². The third kappa shape index (κ3) is 81.3. The van der Waals surface area contributed by atoms with Crippen molar-refractivity contribution in [3.8, 4) is 0 Å². The maximum Gasteiger partial charge on any atom is 0.305 e. The fourth-order valence-electron chi connectivity index (χ4n) is 14.5. The first-order valence-electron chi connectivity index (χ1n) is 44.6. The third-order valence-electron chi connectivity index (χ3n) is 21.3. The summed E-state index contributed by atoms with van der Waals surface area (Å²) in [5, 5.41) is 23.5. The van der Waals surface area contributed by atoms with Gasteiger partial charge < -0.3 is 20.3 Å². The van der Waals surface area contributed by atoms with Crippen LogP contribution in [0.2, 0.25) is 0 Å². The average molecular weight is 1350 g/mol. The molecule has 0 spiro atoms. The van der Waals surface area contributed by atoms with Gasteiger partial charge in [0.25, 0.3) is 0 Å². The molecule has 2 atom stereocenters. The number of amides is 1. The van der Waals surface area contributed by atoms with Crippen LogP contribution in [0.3, 0.4) is 0 Å². The number of nitrogens with one attached hydrogen (secondary N) is 1. The van der Waals surface area contributed by atoms with E-state index < -0.39 is 12.1 Å². The molecule has 0 aromatic heterocycles. The molecule has 0 fully saturated rings. The SMILES string of the molecule is CCCCCCCCCCCCCCCCCCCCCCCCCC(O)C(CO)NC(=O)CCCCCCCCCCCCCCCCCCC/C=C\C/C=C\CCCCCCCCCCCCCCCOC(=O)CCCCCCCCCCCCCCCCCCCCC. The molecule has 2 unspecified atom stereocenters. The van der Waals surface area contributed by atoms with Gasteiger partial charge in [0.15, 0.2) is 0 Å². The van der Waals surface area contributed by atoms with Crippen LogP contribution >= 0.6 is 0 Å². The molecule has 3 N–H and O–H groups in total. The Hall–Kier alpha value is -1.66. The normalized spacial score (nSPS) is 12.5. The van der Waals surface area contributed by atoms with E-state index in [9.17, 15) is 19.8 Å². The topological polar surface area (TPSA) is 95.9 Å². The molecular weight excluding hydrogens is 1170 g/mol. The summed E-state index contributed by atoms with van der Waals surface area (Å²) in [4.78, 5) is 24.7. The Morgan fingerprint density at radius 3 is 0.792 bits per heavy atom. The van der Waals surface area contributed by atoms with Crippen LogP contribution in [0.15, 0.2) is 24.3 Å². The van der Waals surface area contributed by atoms with E-state index in [1.165, 1.54) is 437 Å². The number of ether oxygens (including phenoxy) is 1. The van der Waals surface area contributed by atoms with Crippen molar-refractivity contribution >= 4 is 11.9 Å². The van der Waals surface area contributed by atoms with E-state index in [-0.39, 0.29) is 18.5 Å². The van der Waals surface area contributed by atoms with Gasteiger partial charge in [-0.25, -0.2) is 0 Å². The lowest BCUT2D eigenvalue weighted by Gasteiger charge is -2.22. The Labute approximate surface area is 602 Å². The lowest BCUT2D eigenvalue weighted by atomic mass is 10.0.